The molecule has 1 aliphatic heterocycles. The van der Waals surface area contributed by atoms with E-state index in [0.29, 0.717) is 28.0 Å². The number of halogens is 3. The first kappa shape index (κ1) is 25.6. The van der Waals surface area contributed by atoms with E-state index in [-0.39, 0.29) is 23.6 Å². The van der Waals surface area contributed by atoms with E-state index in [0.717, 1.165) is 22.2 Å². The lowest BCUT2D eigenvalue weighted by Crippen LogP contribution is -2.57. The molecule has 3 N–H and O–H groups in total. The molecule has 0 saturated heterocycles. The van der Waals surface area contributed by atoms with Crippen LogP contribution in [0.2, 0.25) is 0 Å². The Morgan fingerprint density at radius 2 is 1.95 bits per heavy atom. The zero-order valence-electron chi connectivity index (χ0n) is 20.7. The van der Waals surface area contributed by atoms with E-state index < -0.39 is 29.8 Å². The first-order valence-corrected chi connectivity index (χ1v) is 11.6. The van der Waals surface area contributed by atoms with Crippen LogP contribution in [0.15, 0.2) is 60.0 Å². The molecule has 14 heteroatoms. The first-order valence-electron chi connectivity index (χ1n) is 11.6. The Hall–Kier alpha value is -5.01. The van der Waals surface area contributed by atoms with Crippen LogP contribution in [0.1, 0.15) is 28.5 Å². The molecule has 1 aromatic carbocycles. The largest absolute Gasteiger partial charge is 0.417 e. The van der Waals surface area contributed by atoms with Gasteiger partial charge in [-0.15, -0.1) is 0 Å². The van der Waals surface area contributed by atoms with E-state index in [2.05, 4.69) is 25.4 Å². The molecule has 3 aromatic heterocycles. The summed E-state index contributed by atoms with van der Waals surface area (Å²) in [5.74, 6) is -0.867. The lowest BCUT2D eigenvalue weighted by Gasteiger charge is -2.38. The predicted octanol–water partition coefficient (Wildman–Crippen LogP) is 2.99. The topological polar surface area (TPSA) is 135 Å². The molecule has 0 bridgehead atoms. The Morgan fingerprint density at radius 1 is 1.15 bits per heavy atom. The summed E-state index contributed by atoms with van der Waals surface area (Å²) in [6.45, 7) is 0.940. The average molecular weight is 538 g/mol. The second-order valence-electron chi connectivity index (χ2n) is 8.72. The number of alkyl halides is 3. The zero-order chi connectivity index (χ0) is 27.9. The van der Waals surface area contributed by atoms with Gasteiger partial charge in [0.25, 0.3) is 5.91 Å². The summed E-state index contributed by atoms with van der Waals surface area (Å²) in [5, 5.41) is 10.5. The molecular weight excluding hydrogens is 515 g/mol. The molecular formula is C25H22F3N9O2. The van der Waals surface area contributed by atoms with Crippen molar-refractivity contribution in [2.75, 3.05) is 5.73 Å². The average Bonchev–Trinajstić information content (AvgIpc) is 3.30. The van der Waals surface area contributed by atoms with Crippen molar-refractivity contribution >= 4 is 45.7 Å². The summed E-state index contributed by atoms with van der Waals surface area (Å²) in [6, 6.07) is 6.79. The van der Waals surface area contributed by atoms with Crippen LogP contribution < -0.4 is 11.1 Å². The van der Waals surface area contributed by atoms with Gasteiger partial charge in [0.15, 0.2) is 0 Å². The number of nitrogens with two attached hydrogens (primary N) is 1. The minimum atomic E-state index is -4.57. The number of fused-ring (bicyclic) bond motifs is 3. The number of aryl methyl sites for hydroxylation is 1. The third-order valence-electron chi connectivity index (χ3n) is 6.12. The number of nitrogens with zero attached hydrogens (tertiary/aromatic N) is 7. The van der Waals surface area contributed by atoms with Crippen LogP contribution in [0.25, 0.3) is 21.8 Å². The molecule has 0 fully saturated rings. The van der Waals surface area contributed by atoms with Crippen LogP contribution in [-0.2, 0) is 24.6 Å². The molecule has 0 saturated carbocycles. The molecule has 39 heavy (non-hydrogen) atoms. The van der Waals surface area contributed by atoms with Crippen molar-refractivity contribution in [3.05, 3.63) is 71.8 Å². The summed E-state index contributed by atoms with van der Waals surface area (Å²) in [7, 11) is 1.73. The molecule has 1 atom stereocenters. The second-order valence-corrected chi connectivity index (χ2v) is 8.72. The lowest BCUT2D eigenvalue weighted by molar-refractivity contribution is -0.149. The molecule has 0 spiro atoms. The fourth-order valence-electron chi connectivity index (χ4n) is 4.29. The van der Waals surface area contributed by atoms with Gasteiger partial charge in [-0.3, -0.25) is 19.3 Å². The maximum atomic E-state index is 14.0. The van der Waals surface area contributed by atoms with Crippen LogP contribution >= 0.6 is 0 Å². The number of nitrogens with one attached hydrogen (secondary N) is 1. The summed E-state index contributed by atoms with van der Waals surface area (Å²) in [4.78, 5) is 39.3. The molecule has 0 radical (unpaired) electrons. The van der Waals surface area contributed by atoms with Crippen LogP contribution in [0.4, 0.5) is 19.0 Å². The quantitative estimate of drug-likeness (QED) is 0.382. The molecule has 5 rings (SSSR count). The molecule has 2 amide bonds. The smallest absolute Gasteiger partial charge is 0.383 e. The maximum Gasteiger partial charge on any atom is 0.417 e. The third kappa shape index (κ3) is 4.83. The summed E-state index contributed by atoms with van der Waals surface area (Å²) in [5.41, 5.74) is 6.65. The molecule has 4 aromatic rings. The number of nitrogen functional groups attached to an aromatic ring is 1. The van der Waals surface area contributed by atoms with E-state index in [1.165, 1.54) is 19.2 Å². The van der Waals surface area contributed by atoms with Gasteiger partial charge in [0.05, 0.1) is 40.4 Å². The number of benzene rings is 1. The molecule has 200 valence electrons. The normalized spacial score (nSPS) is 14.9. The van der Waals surface area contributed by atoms with Crippen LogP contribution in [0.5, 0.6) is 0 Å². The van der Waals surface area contributed by atoms with Gasteiger partial charge in [0, 0.05) is 43.5 Å². The Balaban J connectivity index is 1.59. The number of carbonyl (C=O) groups is 2. The van der Waals surface area contributed by atoms with Crippen molar-refractivity contribution in [2.24, 2.45) is 12.0 Å². The van der Waals surface area contributed by atoms with E-state index in [1.807, 2.05) is 0 Å². The highest BCUT2D eigenvalue weighted by molar-refractivity contribution is 6.10. The molecule has 1 aliphatic rings. The molecule has 4 heterocycles. The van der Waals surface area contributed by atoms with Gasteiger partial charge in [0.2, 0.25) is 12.2 Å². The van der Waals surface area contributed by atoms with Gasteiger partial charge >= 0.3 is 6.18 Å². The number of anilines is 1. The minimum Gasteiger partial charge on any atom is -0.383 e. The van der Waals surface area contributed by atoms with Crippen molar-refractivity contribution in [3.8, 4) is 0 Å². The highest BCUT2D eigenvalue weighted by atomic mass is 19.4. The Bertz CT molecular complexity index is 1640. The number of aromatic nitrogens is 4. The van der Waals surface area contributed by atoms with Gasteiger partial charge in [-0.1, -0.05) is 0 Å². The van der Waals surface area contributed by atoms with Crippen LogP contribution in [0, 0.1) is 0 Å². The van der Waals surface area contributed by atoms with E-state index in [4.69, 9.17) is 5.73 Å². The molecule has 11 nitrogen and oxygen atoms in total. The minimum absolute atomic E-state index is 0.127. The predicted molar refractivity (Wildman–Crippen MR) is 137 cm³/mol. The number of hydrazine groups is 1. The number of hydrogen-bond donors (Lipinski definition) is 2. The Kier molecular flexibility index (Phi) is 6.38. The van der Waals surface area contributed by atoms with E-state index >= 15 is 0 Å². The van der Waals surface area contributed by atoms with Gasteiger partial charge < -0.3 is 11.1 Å². The summed E-state index contributed by atoms with van der Waals surface area (Å²) in [6.07, 6.45) is 1.34. The van der Waals surface area contributed by atoms with Crippen molar-refractivity contribution in [3.63, 3.8) is 0 Å². The monoisotopic (exact) mass is 537 g/mol. The number of aliphatic imine (C=N–C) groups is 1. The van der Waals surface area contributed by atoms with Crippen molar-refractivity contribution < 1.29 is 22.8 Å². The standard InChI is InChI=1S/C25H22F3N9O2/c1-14(38)37(24-30-8-3-9-31-24)36(13-17-6-5-16(11-32-17)25(26,27)28)23(39)15-4-7-20-18(10-15)21-19(22(29)34-20)12-33-35(21)2/h3-12,24,30H,13H2,1-2H3,(H2,29,34). The number of rotatable bonds is 4. The fraction of sp³-hybridized carbons (Fsp3) is 0.200. The van der Waals surface area contributed by atoms with Crippen molar-refractivity contribution in [1.29, 1.82) is 0 Å². The van der Waals surface area contributed by atoms with Crippen molar-refractivity contribution in [2.45, 2.75) is 25.9 Å². The Morgan fingerprint density at radius 3 is 2.59 bits per heavy atom. The number of pyridine rings is 2. The lowest BCUT2D eigenvalue weighted by atomic mass is 10.1. The van der Waals surface area contributed by atoms with Gasteiger partial charge in [0.1, 0.15) is 5.82 Å². The third-order valence-corrected chi connectivity index (χ3v) is 6.12. The SMILES string of the molecule is CC(=O)N(C1N=CC=CN1)N(Cc1ccc(C(F)(F)F)cn1)C(=O)c1ccc2nc(N)c3cnn(C)c3c2c1. The van der Waals surface area contributed by atoms with Gasteiger partial charge in [-0.2, -0.15) is 18.3 Å². The van der Waals surface area contributed by atoms with Crippen LogP contribution in [0.3, 0.4) is 0 Å². The highest BCUT2D eigenvalue weighted by Gasteiger charge is 2.33. The second kappa shape index (κ2) is 9.70. The van der Waals surface area contributed by atoms with E-state index in [1.54, 1.807) is 42.3 Å². The maximum absolute atomic E-state index is 14.0. The number of carbonyl (C=O) groups excluding carboxylic acids is 2. The number of amides is 2. The van der Waals surface area contributed by atoms with Crippen molar-refractivity contribution in [1.82, 2.24) is 35.1 Å². The zero-order valence-corrected chi connectivity index (χ0v) is 20.7. The van der Waals surface area contributed by atoms with Crippen LogP contribution in [-0.4, -0.2) is 54.1 Å². The number of hydrogen-bond acceptors (Lipinski definition) is 8. The van der Waals surface area contributed by atoms with Gasteiger partial charge in [-0.25, -0.2) is 20.0 Å². The molecule has 1 unspecified atom stereocenters. The van der Waals surface area contributed by atoms with Gasteiger partial charge in [-0.05, 0) is 36.4 Å². The summed E-state index contributed by atoms with van der Waals surface area (Å²) >= 11 is 0. The number of allylic oxidation sites excluding steroid dienone is 1. The molecule has 0 aliphatic carbocycles. The van der Waals surface area contributed by atoms with E-state index in [9.17, 15) is 22.8 Å². The Labute approximate surface area is 219 Å². The fourth-order valence-corrected chi connectivity index (χ4v) is 4.29. The highest BCUT2D eigenvalue weighted by Crippen LogP contribution is 2.30. The summed E-state index contributed by atoms with van der Waals surface area (Å²) < 4.78 is 40.8. The first-order chi connectivity index (χ1) is 18.5.